The summed E-state index contributed by atoms with van der Waals surface area (Å²) in [4.78, 5) is 17.1. The molecule has 1 aromatic carbocycles. The lowest BCUT2D eigenvalue weighted by Crippen LogP contribution is -1.91. The molecule has 6 nitrogen and oxygen atoms in total. The highest BCUT2D eigenvalue weighted by molar-refractivity contribution is 5.91. The Labute approximate surface area is 107 Å². The second-order valence-corrected chi connectivity index (χ2v) is 4.06. The van der Waals surface area contributed by atoms with Gasteiger partial charge in [-0.1, -0.05) is 12.1 Å². The van der Waals surface area contributed by atoms with Crippen LogP contribution in [0, 0.1) is 0 Å². The third-order valence-electron chi connectivity index (χ3n) is 2.87. The van der Waals surface area contributed by atoms with Crippen LogP contribution in [-0.4, -0.2) is 29.5 Å². The van der Waals surface area contributed by atoms with E-state index in [1.807, 2.05) is 24.3 Å². The summed E-state index contributed by atoms with van der Waals surface area (Å²) in [6.45, 7) is 0. The number of para-hydroxylation sites is 1. The molecule has 3 heterocycles. The zero-order valence-electron chi connectivity index (χ0n) is 9.80. The molecule has 0 saturated heterocycles. The fourth-order valence-electron chi connectivity index (χ4n) is 2.00. The molecule has 0 spiro atoms. The highest BCUT2D eigenvalue weighted by Gasteiger charge is 2.10. The summed E-state index contributed by atoms with van der Waals surface area (Å²) in [5.74, 6) is 0.547. The molecule has 4 rings (SSSR count). The molecule has 0 N–H and O–H groups in total. The second kappa shape index (κ2) is 3.81. The molecular formula is C13H8N6. The minimum absolute atomic E-state index is 0.547. The van der Waals surface area contributed by atoms with Gasteiger partial charge in [-0.3, -0.25) is 4.98 Å². The number of hydrogen-bond acceptors (Lipinski definition) is 5. The molecule has 19 heavy (non-hydrogen) atoms. The first kappa shape index (κ1) is 10.1. The Hall–Kier alpha value is -2.89. The first-order valence-electron chi connectivity index (χ1n) is 5.78. The molecule has 0 aliphatic rings. The zero-order chi connectivity index (χ0) is 12.7. The Morgan fingerprint density at radius 1 is 1.00 bits per heavy atom. The van der Waals surface area contributed by atoms with Gasteiger partial charge in [0.2, 0.25) is 5.82 Å². The fourth-order valence-corrected chi connectivity index (χ4v) is 2.00. The maximum absolute atomic E-state index is 4.52. The van der Waals surface area contributed by atoms with E-state index in [-0.39, 0.29) is 0 Å². The van der Waals surface area contributed by atoms with Crippen molar-refractivity contribution in [1.82, 2.24) is 29.5 Å². The van der Waals surface area contributed by atoms with Gasteiger partial charge in [0.15, 0.2) is 5.65 Å². The number of fused-ring (bicyclic) bond motifs is 3. The Balaban J connectivity index is 2.04. The molecule has 3 aromatic heterocycles. The van der Waals surface area contributed by atoms with Crippen molar-refractivity contribution in [3.05, 3.63) is 49.2 Å². The quantitative estimate of drug-likeness (QED) is 0.513. The molecule has 0 amide bonds. The zero-order valence-corrected chi connectivity index (χ0v) is 9.80. The van der Waals surface area contributed by atoms with Crippen molar-refractivity contribution < 1.29 is 0 Å². The number of aromatic nitrogens is 6. The van der Waals surface area contributed by atoms with Crippen LogP contribution in [0.15, 0.2) is 49.2 Å². The van der Waals surface area contributed by atoms with E-state index in [0.29, 0.717) is 11.5 Å². The summed E-state index contributed by atoms with van der Waals surface area (Å²) in [6.07, 6.45) is 6.54. The molecule has 0 atom stereocenters. The summed E-state index contributed by atoms with van der Waals surface area (Å²) in [5.41, 5.74) is 2.31. The van der Waals surface area contributed by atoms with Gasteiger partial charge >= 0.3 is 0 Å². The number of hydrogen-bond donors (Lipinski definition) is 0. The molecule has 0 saturated carbocycles. The van der Waals surface area contributed by atoms with Crippen LogP contribution >= 0.6 is 0 Å². The van der Waals surface area contributed by atoms with E-state index in [4.69, 9.17) is 0 Å². The third-order valence-corrected chi connectivity index (χ3v) is 2.87. The summed E-state index contributed by atoms with van der Waals surface area (Å²) in [5, 5.41) is 5.34. The Kier molecular flexibility index (Phi) is 2.02. The van der Waals surface area contributed by atoms with Gasteiger partial charge < -0.3 is 0 Å². The van der Waals surface area contributed by atoms with Crippen molar-refractivity contribution in [2.75, 3.05) is 0 Å². The van der Waals surface area contributed by atoms with Crippen molar-refractivity contribution in [2.45, 2.75) is 0 Å². The lowest BCUT2D eigenvalue weighted by Gasteiger charge is -1.96. The van der Waals surface area contributed by atoms with Crippen LogP contribution in [0.2, 0.25) is 0 Å². The van der Waals surface area contributed by atoms with Crippen LogP contribution in [0.25, 0.3) is 28.1 Å². The van der Waals surface area contributed by atoms with E-state index >= 15 is 0 Å². The third kappa shape index (κ3) is 1.54. The molecule has 4 aromatic rings. The first-order valence-corrected chi connectivity index (χ1v) is 5.78. The highest BCUT2D eigenvalue weighted by atomic mass is 15.3. The van der Waals surface area contributed by atoms with Crippen molar-refractivity contribution in [1.29, 1.82) is 0 Å². The van der Waals surface area contributed by atoms with Gasteiger partial charge in [-0.05, 0) is 12.1 Å². The molecule has 0 fully saturated rings. The topological polar surface area (TPSA) is 68.9 Å². The lowest BCUT2D eigenvalue weighted by molar-refractivity contribution is 0.934. The highest BCUT2D eigenvalue weighted by Crippen LogP contribution is 2.18. The fraction of sp³-hybridized carbons (Fsp3) is 0. The van der Waals surface area contributed by atoms with E-state index in [9.17, 15) is 0 Å². The van der Waals surface area contributed by atoms with E-state index in [1.165, 1.54) is 0 Å². The van der Waals surface area contributed by atoms with E-state index in [1.54, 1.807) is 29.4 Å². The van der Waals surface area contributed by atoms with E-state index < -0.39 is 0 Å². The predicted molar refractivity (Wildman–Crippen MR) is 69.3 cm³/mol. The van der Waals surface area contributed by atoms with Gasteiger partial charge in [-0.2, -0.15) is 0 Å². The van der Waals surface area contributed by atoms with Crippen LogP contribution in [0.5, 0.6) is 0 Å². The van der Waals surface area contributed by atoms with Crippen molar-refractivity contribution in [2.24, 2.45) is 0 Å². The standard InChI is InChI=1S/C13H8N6/c1-2-4-10-9(3-1)13-17-12(18-19(13)8-16-10)11-7-14-5-6-15-11/h1-8H. The van der Waals surface area contributed by atoms with E-state index in [0.717, 1.165) is 16.6 Å². The lowest BCUT2D eigenvalue weighted by atomic mass is 10.2. The molecule has 0 aliphatic carbocycles. The number of rotatable bonds is 1. The van der Waals surface area contributed by atoms with Crippen LogP contribution < -0.4 is 0 Å². The summed E-state index contributed by atoms with van der Waals surface area (Å²) < 4.78 is 1.66. The van der Waals surface area contributed by atoms with Crippen LogP contribution in [-0.2, 0) is 0 Å². The van der Waals surface area contributed by atoms with Gasteiger partial charge in [0.25, 0.3) is 0 Å². The van der Waals surface area contributed by atoms with Crippen LogP contribution in [0.1, 0.15) is 0 Å². The summed E-state index contributed by atoms with van der Waals surface area (Å²) in [7, 11) is 0. The predicted octanol–water partition coefficient (Wildman–Crippen LogP) is 1.73. The molecule has 6 heteroatoms. The average Bonchev–Trinajstić information content (AvgIpc) is 2.93. The van der Waals surface area contributed by atoms with Gasteiger partial charge in [-0.25, -0.2) is 19.5 Å². The number of nitrogens with zero attached hydrogens (tertiary/aromatic N) is 6. The largest absolute Gasteiger partial charge is 0.261 e. The molecule has 0 unspecified atom stereocenters. The van der Waals surface area contributed by atoms with Crippen molar-refractivity contribution >= 4 is 16.6 Å². The Morgan fingerprint density at radius 3 is 2.84 bits per heavy atom. The summed E-state index contributed by atoms with van der Waals surface area (Å²) in [6, 6.07) is 7.84. The Morgan fingerprint density at radius 2 is 1.95 bits per heavy atom. The van der Waals surface area contributed by atoms with Gasteiger partial charge in [0, 0.05) is 17.8 Å². The first-order chi connectivity index (χ1) is 9.42. The van der Waals surface area contributed by atoms with Gasteiger partial charge in [0.05, 0.1) is 11.7 Å². The molecule has 0 radical (unpaired) electrons. The van der Waals surface area contributed by atoms with Gasteiger partial charge in [0.1, 0.15) is 12.0 Å². The molecule has 90 valence electrons. The van der Waals surface area contributed by atoms with Gasteiger partial charge in [-0.15, -0.1) is 5.10 Å². The molecule has 0 aliphatic heterocycles. The molecule has 0 bridgehead atoms. The monoisotopic (exact) mass is 248 g/mol. The van der Waals surface area contributed by atoms with Crippen LogP contribution in [0.3, 0.4) is 0 Å². The second-order valence-electron chi connectivity index (χ2n) is 4.06. The van der Waals surface area contributed by atoms with Crippen molar-refractivity contribution in [3.63, 3.8) is 0 Å². The maximum atomic E-state index is 4.52. The normalized spacial score (nSPS) is 11.2. The SMILES string of the molecule is c1ccc2c(c1)ncn1nc(-c3cnccn3)nc21. The maximum Gasteiger partial charge on any atom is 0.202 e. The van der Waals surface area contributed by atoms with Crippen LogP contribution in [0.4, 0.5) is 0 Å². The smallest absolute Gasteiger partial charge is 0.202 e. The Bertz CT molecular complexity index is 868. The van der Waals surface area contributed by atoms with Crippen molar-refractivity contribution in [3.8, 4) is 11.5 Å². The molecular weight excluding hydrogens is 240 g/mol. The van der Waals surface area contributed by atoms with E-state index in [2.05, 4.69) is 25.0 Å². The minimum Gasteiger partial charge on any atom is -0.261 e. The average molecular weight is 248 g/mol. The minimum atomic E-state index is 0.547. The number of benzene rings is 1. The summed E-state index contributed by atoms with van der Waals surface area (Å²) >= 11 is 0.